The van der Waals surface area contributed by atoms with Crippen LogP contribution in [0, 0.1) is 0 Å². The highest BCUT2D eigenvalue weighted by Crippen LogP contribution is 2.23. The van der Waals surface area contributed by atoms with Crippen molar-refractivity contribution in [2.75, 3.05) is 41.5 Å². The molecule has 6 heteroatoms. The molecule has 0 amide bonds. The van der Waals surface area contributed by atoms with Gasteiger partial charge in [0, 0.05) is 25.2 Å². The minimum Gasteiger partial charge on any atom is -0.497 e. The molecule has 0 aliphatic heterocycles. The van der Waals surface area contributed by atoms with Crippen LogP contribution < -0.4 is 29.6 Å². The van der Waals surface area contributed by atoms with Crippen molar-refractivity contribution in [3.63, 3.8) is 0 Å². The molecule has 0 aromatic heterocycles. The van der Waals surface area contributed by atoms with Gasteiger partial charge in [-0.15, -0.1) is 0 Å². The van der Waals surface area contributed by atoms with E-state index in [1.54, 1.807) is 28.4 Å². The summed E-state index contributed by atoms with van der Waals surface area (Å²) in [5.41, 5.74) is 2.28. The first-order chi connectivity index (χ1) is 13.2. The topological polar surface area (TPSA) is 61.0 Å². The van der Waals surface area contributed by atoms with Gasteiger partial charge in [0.1, 0.15) is 23.0 Å². The number of benzene rings is 2. The van der Waals surface area contributed by atoms with Crippen molar-refractivity contribution >= 4 is 0 Å². The van der Waals surface area contributed by atoms with Gasteiger partial charge < -0.3 is 29.6 Å². The maximum Gasteiger partial charge on any atom is 0.122 e. The highest BCUT2D eigenvalue weighted by molar-refractivity contribution is 5.39. The van der Waals surface area contributed by atoms with Crippen molar-refractivity contribution in [2.24, 2.45) is 0 Å². The summed E-state index contributed by atoms with van der Waals surface area (Å²) in [6.45, 7) is 3.41. The van der Waals surface area contributed by atoms with Gasteiger partial charge in [0.25, 0.3) is 0 Å². The predicted octanol–water partition coefficient (Wildman–Crippen LogP) is 2.99. The molecule has 0 aliphatic rings. The predicted molar refractivity (Wildman–Crippen MR) is 107 cm³/mol. The third kappa shape index (κ3) is 7.00. The van der Waals surface area contributed by atoms with E-state index in [9.17, 15) is 0 Å². The van der Waals surface area contributed by atoms with E-state index in [2.05, 4.69) is 10.6 Å². The molecule has 27 heavy (non-hydrogen) atoms. The monoisotopic (exact) mass is 374 g/mol. The first-order valence-corrected chi connectivity index (χ1v) is 9.03. The van der Waals surface area contributed by atoms with Crippen molar-refractivity contribution in [1.82, 2.24) is 10.6 Å². The van der Waals surface area contributed by atoms with E-state index in [1.807, 2.05) is 36.4 Å². The lowest BCUT2D eigenvalue weighted by Gasteiger charge is -2.11. The van der Waals surface area contributed by atoms with Crippen LogP contribution >= 0.6 is 0 Å². The lowest BCUT2D eigenvalue weighted by atomic mass is 10.2. The van der Waals surface area contributed by atoms with E-state index < -0.39 is 0 Å². The highest BCUT2D eigenvalue weighted by atomic mass is 16.5. The Bertz CT molecular complexity index is 603. The van der Waals surface area contributed by atoms with Crippen molar-refractivity contribution in [3.8, 4) is 23.0 Å². The summed E-state index contributed by atoms with van der Waals surface area (Å²) >= 11 is 0. The normalized spacial score (nSPS) is 10.5. The standard InChI is InChI=1S/C21H30N2O4/c1-24-18-8-16(9-19(12-18)25-2)14-22-6-5-7-23-15-17-10-20(26-3)13-21(11-17)27-4/h8-13,22-23H,5-7,14-15H2,1-4H3. The molecule has 0 bridgehead atoms. The molecule has 0 aliphatic carbocycles. The number of rotatable bonds is 12. The molecule has 0 spiro atoms. The van der Waals surface area contributed by atoms with Crippen LogP contribution in [0.25, 0.3) is 0 Å². The quantitative estimate of drug-likeness (QED) is 0.557. The van der Waals surface area contributed by atoms with Crippen molar-refractivity contribution in [2.45, 2.75) is 19.5 Å². The van der Waals surface area contributed by atoms with E-state index in [0.29, 0.717) is 0 Å². The molecule has 2 rings (SSSR count). The first kappa shape index (κ1) is 20.9. The third-order valence-corrected chi connectivity index (χ3v) is 4.19. The zero-order chi connectivity index (χ0) is 19.5. The molecule has 2 aromatic rings. The molecular formula is C21H30N2O4. The van der Waals surface area contributed by atoms with Crippen LogP contribution in [-0.4, -0.2) is 41.5 Å². The number of ether oxygens (including phenoxy) is 4. The second-order valence-corrected chi connectivity index (χ2v) is 6.15. The summed E-state index contributed by atoms with van der Waals surface area (Å²) < 4.78 is 21.2. The molecule has 148 valence electrons. The molecule has 0 fully saturated rings. The SMILES string of the molecule is COc1cc(CNCCCNCc2cc(OC)cc(OC)c2)cc(OC)c1. The van der Waals surface area contributed by atoms with Gasteiger partial charge in [-0.1, -0.05) is 0 Å². The van der Waals surface area contributed by atoms with Crippen LogP contribution in [-0.2, 0) is 13.1 Å². The fourth-order valence-electron chi connectivity index (χ4n) is 2.74. The molecule has 0 saturated carbocycles. The van der Waals surface area contributed by atoms with Gasteiger partial charge in [-0.2, -0.15) is 0 Å². The van der Waals surface area contributed by atoms with E-state index in [4.69, 9.17) is 18.9 Å². The molecule has 2 N–H and O–H groups in total. The molecule has 2 aromatic carbocycles. The number of hydrogen-bond donors (Lipinski definition) is 2. The van der Waals surface area contributed by atoms with Gasteiger partial charge in [-0.05, 0) is 54.9 Å². The Kier molecular flexibility index (Phi) is 8.74. The highest BCUT2D eigenvalue weighted by Gasteiger charge is 2.03. The molecule has 6 nitrogen and oxygen atoms in total. The number of hydrogen-bond acceptors (Lipinski definition) is 6. The van der Waals surface area contributed by atoms with Crippen molar-refractivity contribution < 1.29 is 18.9 Å². The first-order valence-electron chi connectivity index (χ1n) is 9.03. The average Bonchev–Trinajstić information content (AvgIpc) is 2.72. The minimum atomic E-state index is 0.778. The van der Waals surface area contributed by atoms with Crippen molar-refractivity contribution in [1.29, 1.82) is 0 Å². The van der Waals surface area contributed by atoms with Gasteiger partial charge in [-0.3, -0.25) is 0 Å². The summed E-state index contributed by atoms with van der Waals surface area (Å²) in [5, 5.41) is 6.90. The fourth-order valence-corrected chi connectivity index (χ4v) is 2.74. The minimum absolute atomic E-state index is 0.778. The fraction of sp³-hybridized carbons (Fsp3) is 0.429. The summed E-state index contributed by atoms with van der Waals surface area (Å²) in [5.74, 6) is 3.23. The Morgan fingerprint density at radius 2 is 0.889 bits per heavy atom. The molecule has 0 atom stereocenters. The molecule has 0 radical (unpaired) electrons. The summed E-state index contributed by atoms with van der Waals surface area (Å²) in [6, 6.07) is 11.8. The van der Waals surface area contributed by atoms with Crippen LogP contribution in [0.1, 0.15) is 17.5 Å². The summed E-state index contributed by atoms with van der Waals surface area (Å²) in [6.07, 6.45) is 1.03. The molecule has 0 unspecified atom stereocenters. The van der Waals surface area contributed by atoms with Crippen LogP contribution in [0.3, 0.4) is 0 Å². The van der Waals surface area contributed by atoms with Crippen LogP contribution in [0.4, 0.5) is 0 Å². The van der Waals surface area contributed by atoms with E-state index >= 15 is 0 Å². The van der Waals surface area contributed by atoms with E-state index in [-0.39, 0.29) is 0 Å². The van der Waals surface area contributed by atoms with Gasteiger partial charge in [-0.25, -0.2) is 0 Å². The van der Waals surface area contributed by atoms with Crippen LogP contribution in [0.2, 0.25) is 0 Å². The number of nitrogens with one attached hydrogen (secondary N) is 2. The zero-order valence-corrected chi connectivity index (χ0v) is 16.6. The molecule has 0 saturated heterocycles. The Hall–Kier alpha value is -2.44. The smallest absolute Gasteiger partial charge is 0.122 e. The second kappa shape index (κ2) is 11.3. The Labute approximate surface area is 161 Å². The maximum absolute atomic E-state index is 5.30. The van der Waals surface area contributed by atoms with Crippen LogP contribution in [0.5, 0.6) is 23.0 Å². The van der Waals surface area contributed by atoms with Crippen LogP contribution in [0.15, 0.2) is 36.4 Å². The Balaban J connectivity index is 1.68. The lowest BCUT2D eigenvalue weighted by Crippen LogP contribution is -2.21. The lowest BCUT2D eigenvalue weighted by molar-refractivity contribution is 0.393. The van der Waals surface area contributed by atoms with Gasteiger partial charge >= 0.3 is 0 Å². The van der Waals surface area contributed by atoms with Gasteiger partial charge in [0.05, 0.1) is 28.4 Å². The van der Waals surface area contributed by atoms with E-state index in [1.165, 1.54) is 0 Å². The second-order valence-electron chi connectivity index (χ2n) is 6.15. The molecular weight excluding hydrogens is 344 g/mol. The summed E-state index contributed by atoms with van der Waals surface area (Å²) in [7, 11) is 6.65. The summed E-state index contributed by atoms with van der Waals surface area (Å²) in [4.78, 5) is 0. The maximum atomic E-state index is 5.30. The average molecular weight is 374 g/mol. The molecule has 0 heterocycles. The van der Waals surface area contributed by atoms with Crippen molar-refractivity contribution in [3.05, 3.63) is 47.5 Å². The Morgan fingerprint density at radius 3 is 1.19 bits per heavy atom. The van der Waals surface area contributed by atoms with Gasteiger partial charge in [0.15, 0.2) is 0 Å². The largest absolute Gasteiger partial charge is 0.497 e. The Morgan fingerprint density at radius 1 is 0.556 bits per heavy atom. The zero-order valence-electron chi connectivity index (χ0n) is 16.6. The van der Waals surface area contributed by atoms with Gasteiger partial charge in [0.2, 0.25) is 0 Å². The van der Waals surface area contributed by atoms with E-state index in [0.717, 1.165) is 66.7 Å². The third-order valence-electron chi connectivity index (χ3n) is 4.19. The number of methoxy groups -OCH3 is 4.